The molecule has 1 aliphatic heterocycles. The predicted octanol–water partition coefficient (Wildman–Crippen LogP) is 3.96. The number of nitrogens with one attached hydrogen (secondary N) is 2. The van der Waals surface area contributed by atoms with Gasteiger partial charge in [0, 0.05) is 31.1 Å². The molecule has 1 saturated heterocycles. The zero-order valence-electron chi connectivity index (χ0n) is 16.2. The average molecular weight is 518 g/mol. The van der Waals surface area contributed by atoms with Gasteiger partial charge in [-0.1, -0.05) is 12.1 Å². The Morgan fingerprint density at radius 3 is 2.86 bits per heavy atom. The number of thiophene rings is 1. The molecule has 154 valence electrons. The minimum absolute atomic E-state index is 0. The van der Waals surface area contributed by atoms with Crippen molar-refractivity contribution in [3.8, 4) is 5.75 Å². The number of phenolic OH excluding ortho intramolecular Hbond substituents is 1. The van der Waals surface area contributed by atoms with Crippen LogP contribution < -0.4 is 10.6 Å². The van der Waals surface area contributed by atoms with Crippen molar-refractivity contribution < 1.29 is 9.50 Å². The van der Waals surface area contributed by atoms with E-state index in [1.54, 1.807) is 13.1 Å². The Hall–Kier alpha value is -1.39. The fraction of sp³-hybridized carbons (Fsp3) is 0.450. The van der Waals surface area contributed by atoms with Gasteiger partial charge in [-0.25, -0.2) is 4.39 Å². The van der Waals surface area contributed by atoms with Gasteiger partial charge in [-0.15, -0.1) is 35.3 Å². The number of aliphatic imine (C=N–C) groups is 1. The van der Waals surface area contributed by atoms with Crippen LogP contribution in [0.15, 0.2) is 40.7 Å². The van der Waals surface area contributed by atoms with E-state index in [0.717, 1.165) is 18.7 Å². The first kappa shape index (κ1) is 22.9. The molecule has 0 saturated carbocycles. The fourth-order valence-electron chi connectivity index (χ4n) is 3.68. The van der Waals surface area contributed by atoms with Crippen LogP contribution in [0.2, 0.25) is 0 Å². The number of aromatic hydroxyl groups is 1. The Kier molecular flexibility index (Phi) is 8.97. The van der Waals surface area contributed by atoms with E-state index in [9.17, 15) is 9.50 Å². The summed E-state index contributed by atoms with van der Waals surface area (Å²) in [6.45, 7) is 2.39. The van der Waals surface area contributed by atoms with Gasteiger partial charge in [0.05, 0.1) is 0 Å². The van der Waals surface area contributed by atoms with Crippen molar-refractivity contribution in [3.05, 3.63) is 52.0 Å². The van der Waals surface area contributed by atoms with Crippen LogP contribution >= 0.6 is 35.3 Å². The van der Waals surface area contributed by atoms with Crippen molar-refractivity contribution in [2.45, 2.75) is 25.4 Å². The first-order valence-corrected chi connectivity index (χ1v) is 10.1. The molecule has 2 unspecified atom stereocenters. The maximum absolute atomic E-state index is 13.5. The summed E-state index contributed by atoms with van der Waals surface area (Å²) in [5.74, 6) is 0.261. The second-order valence-corrected chi connectivity index (χ2v) is 7.91. The molecule has 1 aromatic heterocycles. The lowest BCUT2D eigenvalue weighted by molar-refractivity contribution is 0.125. The van der Waals surface area contributed by atoms with Gasteiger partial charge in [0.25, 0.3) is 0 Å². The van der Waals surface area contributed by atoms with Crippen molar-refractivity contribution in [2.75, 3.05) is 27.2 Å². The molecule has 2 atom stereocenters. The van der Waals surface area contributed by atoms with E-state index in [1.807, 2.05) is 11.3 Å². The Morgan fingerprint density at radius 2 is 2.18 bits per heavy atom. The van der Waals surface area contributed by atoms with E-state index >= 15 is 0 Å². The zero-order chi connectivity index (χ0) is 19.2. The summed E-state index contributed by atoms with van der Waals surface area (Å²) in [5.41, 5.74) is 0.752. The summed E-state index contributed by atoms with van der Waals surface area (Å²) >= 11 is 1.82. The highest BCUT2D eigenvalue weighted by Crippen LogP contribution is 2.36. The molecule has 3 rings (SSSR count). The number of hydrogen-bond donors (Lipinski definition) is 3. The molecule has 0 aliphatic carbocycles. The maximum Gasteiger partial charge on any atom is 0.191 e. The molecule has 0 bridgehead atoms. The van der Waals surface area contributed by atoms with Gasteiger partial charge in [-0.05, 0) is 61.5 Å². The summed E-state index contributed by atoms with van der Waals surface area (Å²) in [6.07, 6.45) is 2.38. The molecule has 5 nitrogen and oxygen atoms in total. The van der Waals surface area contributed by atoms with E-state index in [-0.39, 0.29) is 29.7 Å². The normalized spacial score (nSPS) is 20.5. The highest BCUT2D eigenvalue weighted by atomic mass is 127. The predicted molar refractivity (Wildman–Crippen MR) is 124 cm³/mol. The average Bonchev–Trinajstić information content (AvgIpc) is 3.19. The van der Waals surface area contributed by atoms with Gasteiger partial charge >= 0.3 is 0 Å². The minimum atomic E-state index is -0.610. The molecule has 2 heterocycles. The molecule has 0 radical (unpaired) electrons. The largest absolute Gasteiger partial charge is 0.505 e. The number of benzene rings is 1. The number of likely N-dealkylation sites (tertiary alicyclic amines) is 1. The molecule has 28 heavy (non-hydrogen) atoms. The fourth-order valence-corrected chi connectivity index (χ4v) is 4.66. The van der Waals surface area contributed by atoms with Gasteiger partial charge in [0.2, 0.25) is 0 Å². The number of hydrogen-bond acceptors (Lipinski definition) is 4. The molecule has 1 aromatic carbocycles. The third-order valence-electron chi connectivity index (χ3n) is 5.07. The summed E-state index contributed by atoms with van der Waals surface area (Å²) in [4.78, 5) is 8.12. The number of phenols is 1. The Morgan fingerprint density at radius 1 is 1.36 bits per heavy atom. The summed E-state index contributed by atoms with van der Waals surface area (Å²) in [6, 6.07) is 9.16. The van der Waals surface area contributed by atoms with Crippen LogP contribution in [0.25, 0.3) is 0 Å². The lowest BCUT2D eigenvalue weighted by Crippen LogP contribution is -2.44. The van der Waals surface area contributed by atoms with Crippen LogP contribution in [0.5, 0.6) is 5.75 Å². The molecular weight excluding hydrogens is 490 g/mol. The Labute approximate surface area is 187 Å². The van der Waals surface area contributed by atoms with E-state index in [4.69, 9.17) is 0 Å². The number of rotatable bonds is 5. The summed E-state index contributed by atoms with van der Waals surface area (Å²) < 4.78 is 13.5. The standard InChI is InChI=1S/C20H27FN4OS.HI/c1-22-20(23-12-14-7-8-17(26)16(21)11-14)24-13-15-5-3-9-25(2)19(15)18-6-4-10-27-18;/h4,6-8,10-11,15,19,26H,3,5,9,12-13H2,1-2H3,(H2,22,23,24);1H. The maximum atomic E-state index is 13.5. The van der Waals surface area contributed by atoms with Gasteiger partial charge in [-0.2, -0.15) is 0 Å². The second-order valence-electron chi connectivity index (χ2n) is 6.94. The van der Waals surface area contributed by atoms with Crippen LogP contribution in [0.3, 0.4) is 0 Å². The van der Waals surface area contributed by atoms with Crippen LogP contribution in [0, 0.1) is 11.7 Å². The quantitative estimate of drug-likeness (QED) is 0.319. The van der Waals surface area contributed by atoms with E-state index in [0.29, 0.717) is 24.5 Å². The Balaban J connectivity index is 0.00000280. The number of guanidine groups is 1. The monoisotopic (exact) mass is 518 g/mol. The molecule has 8 heteroatoms. The topological polar surface area (TPSA) is 59.9 Å². The zero-order valence-corrected chi connectivity index (χ0v) is 19.3. The van der Waals surface area contributed by atoms with Crippen LogP contribution in [-0.4, -0.2) is 43.2 Å². The van der Waals surface area contributed by atoms with Gasteiger partial charge in [-0.3, -0.25) is 9.89 Å². The molecular formula is C20H28FIN4OS. The van der Waals surface area contributed by atoms with Gasteiger partial charge in [0.15, 0.2) is 17.5 Å². The van der Waals surface area contributed by atoms with E-state index in [2.05, 4.69) is 45.1 Å². The van der Waals surface area contributed by atoms with Gasteiger partial charge < -0.3 is 15.7 Å². The van der Waals surface area contributed by atoms with Crippen molar-refractivity contribution in [1.29, 1.82) is 0 Å². The van der Waals surface area contributed by atoms with E-state index in [1.165, 1.54) is 29.9 Å². The molecule has 1 fully saturated rings. The minimum Gasteiger partial charge on any atom is -0.505 e. The number of halogens is 2. The third-order valence-corrected chi connectivity index (χ3v) is 6.01. The van der Waals surface area contributed by atoms with Crippen molar-refractivity contribution in [2.24, 2.45) is 10.9 Å². The molecule has 3 N–H and O–H groups in total. The van der Waals surface area contributed by atoms with E-state index < -0.39 is 5.82 Å². The summed E-state index contributed by atoms with van der Waals surface area (Å²) in [7, 11) is 3.93. The van der Waals surface area contributed by atoms with Crippen LogP contribution in [0.1, 0.15) is 29.3 Å². The first-order valence-electron chi connectivity index (χ1n) is 9.24. The van der Waals surface area contributed by atoms with Crippen LogP contribution in [-0.2, 0) is 6.54 Å². The second kappa shape index (κ2) is 11.0. The highest BCUT2D eigenvalue weighted by Gasteiger charge is 2.31. The lowest BCUT2D eigenvalue weighted by Gasteiger charge is -2.39. The third kappa shape index (κ3) is 5.81. The van der Waals surface area contributed by atoms with Crippen LogP contribution in [0.4, 0.5) is 4.39 Å². The highest BCUT2D eigenvalue weighted by molar-refractivity contribution is 14.0. The number of nitrogens with zero attached hydrogens (tertiary/aromatic N) is 2. The van der Waals surface area contributed by atoms with Gasteiger partial charge in [0.1, 0.15) is 0 Å². The smallest absolute Gasteiger partial charge is 0.191 e. The number of piperidine rings is 1. The molecule has 0 amide bonds. The molecule has 1 aliphatic rings. The molecule has 0 spiro atoms. The Bertz CT molecular complexity index is 772. The molecule has 2 aromatic rings. The van der Waals surface area contributed by atoms with Crippen molar-refractivity contribution in [1.82, 2.24) is 15.5 Å². The van der Waals surface area contributed by atoms with Crippen molar-refractivity contribution >= 4 is 41.3 Å². The summed E-state index contributed by atoms with van der Waals surface area (Å²) in [5, 5.41) is 18.1. The first-order chi connectivity index (χ1) is 13.1. The lowest BCUT2D eigenvalue weighted by atomic mass is 9.88. The van der Waals surface area contributed by atoms with Crippen molar-refractivity contribution in [3.63, 3.8) is 0 Å². The SMILES string of the molecule is CN=C(NCc1ccc(O)c(F)c1)NCC1CCCN(C)C1c1cccs1.I.